The van der Waals surface area contributed by atoms with Crippen LogP contribution in [0, 0.1) is 0 Å². The number of benzene rings is 2. The molecule has 3 aromatic rings. The first-order chi connectivity index (χ1) is 16.0. The van der Waals surface area contributed by atoms with Crippen LogP contribution < -0.4 is 10.1 Å². The average molecular weight is 444 g/mol. The third kappa shape index (κ3) is 4.11. The summed E-state index contributed by atoms with van der Waals surface area (Å²) in [6.07, 6.45) is 5.75. The Morgan fingerprint density at radius 1 is 1.18 bits per heavy atom. The second-order valence-corrected chi connectivity index (χ2v) is 8.35. The monoisotopic (exact) mass is 443 g/mol. The number of rotatable bonds is 5. The van der Waals surface area contributed by atoms with Gasteiger partial charge in [-0.05, 0) is 36.2 Å². The van der Waals surface area contributed by atoms with E-state index >= 15 is 0 Å². The maximum Gasteiger partial charge on any atom is 0.256 e. The van der Waals surface area contributed by atoms with Crippen LogP contribution in [-0.2, 0) is 24.8 Å². The van der Waals surface area contributed by atoms with Crippen LogP contribution in [-0.4, -0.2) is 46.0 Å². The van der Waals surface area contributed by atoms with E-state index < -0.39 is 0 Å². The van der Waals surface area contributed by atoms with Crippen LogP contribution in [0.1, 0.15) is 34.3 Å². The van der Waals surface area contributed by atoms with Crippen molar-refractivity contribution in [1.29, 1.82) is 0 Å². The van der Waals surface area contributed by atoms with Gasteiger partial charge in [0.15, 0.2) is 0 Å². The highest BCUT2D eigenvalue weighted by Crippen LogP contribution is 2.42. The number of fused-ring (bicyclic) bond motifs is 1. The molecular formula is C25H25N5O3. The molecule has 1 saturated heterocycles. The Morgan fingerprint density at radius 2 is 2.00 bits per heavy atom. The molecule has 168 valence electrons. The molecule has 0 aliphatic carbocycles. The lowest BCUT2D eigenvalue weighted by Gasteiger charge is -2.15. The van der Waals surface area contributed by atoms with Gasteiger partial charge in [-0.25, -0.2) is 4.99 Å². The number of aromatic nitrogens is 2. The van der Waals surface area contributed by atoms with Crippen molar-refractivity contribution in [3.05, 3.63) is 65.5 Å². The van der Waals surface area contributed by atoms with Crippen LogP contribution >= 0.6 is 0 Å². The summed E-state index contributed by atoms with van der Waals surface area (Å²) in [7, 11) is 3.50. The third-order valence-corrected chi connectivity index (χ3v) is 6.09. The van der Waals surface area contributed by atoms with E-state index in [0.29, 0.717) is 30.8 Å². The molecule has 2 amide bonds. The number of likely N-dealkylation sites (tertiary alicyclic amines) is 1. The molecule has 0 saturated carbocycles. The highest BCUT2D eigenvalue weighted by atomic mass is 16.5. The van der Waals surface area contributed by atoms with Crippen LogP contribution in [0.3, 0.4) is 0 Å². The Morgan fingerprint density at radius 3 is 2.67 bits per heavy atom. The van der Waals surface area contributed by atoms with E-state index in [1.807, 2.05) is 42.4 Å². The van der Waals surface area contributed by atoms with E-state index in [4.69, 9.17) is 9.73 Å². The van der Waals surface area contributed by atoms with Gasteiger partial charge < -0.3 is 15.0 Å². The Bertz CT molecular complexity index is 1260. The summed E-state index contributed by atoms with van der Waals surface area (Å²) in [6, 6.07) is 11.3. The molecular weight excluding hydrogens is 418 g/mol. The van der Waals surface area contributed by atoms with Crippen LogP contribution in [0.5, 0.6) is 5.75 Å². The SMILES string of the molecule is COc1ccc(-c2cnn(C)c2)c2c1CC(NC(=O)c1ccc(CN3CCCC3=O)cc1)=N2. The minimum atomic E-state index is -0.216. The van der Waals surface area contributed by atoms with Gasteiger partial charge in [-0.15, -0.1) is 0 Å². The summed E-state index contributed by atoms with van der Waals surface area (Å²) in [6.45, 7) is 1.38. The standard InChI is InChI=1S/C25H25N5O3/c1-29-15-18(13-26-29)19-9-10-21(33-2)20-12-22(27-24(19)20)28-25(32)17-7-5-16(6-8-17)14-30-11-3-4-23(30)31/h5-10,13,15H,3-4,11-12,14H2,1-2H3,(H,27,28,32). The van der Waals surface area contributed by atoms with Crippen LogP contribution in [0.4, 0.5) is 5.69 Å². The van der Waals surface area contributed by atoms with Crippen LogP contribution in [0.25, 0.3) is 11.1 Å². The van der Waals surface area contributed by atoms with Crippen molar-refractivity contribution in [2.45, 2.75) is 25.8 Å². The molecule has 1 fully saturated rings. The van der Waals surface area contributed by atoms with Crippen molar-refractivity contribution in [1.82, 2.24) is 20.0 Å². The lowest BCUT2D eigenvalue weighted by atomic mass is 10.0. The molecule has 0 atom stereocenters. The highest BCUT2D eigenvalue weighted by Gasteiger charge is 2.25. The van der Waals surface area contributed by atoms with Crippen LogP contribution in [0.15, 0.2) is 53.8 Å². The summed E-state index contributed by atoms with van der Waals surface area (Å²) in [5.74, 6) is 1.30. The van der Waals surface area contributed by atoms with Gasteiger partial charge in [-0.2, -0.15) is 5.10 Å². The largest absolute Gasteiger partial charge is 0.496 e. The number of aryl methyl sites for hydroxylation is 1. The molecule has 0 spiro atoms. The molecule has 8 nitrogen and oxygen atoms in total. The molecule has 8 heteroatoms. The smallest absolute Gasteiger partial charge is 0.256 e. The van der Waals surface area contributed by atoms with Gasteiger partial charge in [0.25, 0.3) is 5.91 Å². The Labute approximate surface area is 191 Å². The number of hydrogen-bond donors (Lipinski definition) is 1. The minimum Gasteiger partial charge on any atom is -0.496 e. The lowest BCUT2D eigenvalue weighted by molar-refractivity contribution is -0.128. The summed E-state index contributed by atoms with van der Waals surface area (Å²) < 4.78 is 7.28. The molecule has 1 aromatic heterocycles. The Kier molecular flexibility index (Phi) is 5.42. The lowest BCUT2D eigenvalue weighted by Crippen LogP contribution is -2.30. The highest BCUT2D eigenvalue weighted by molar-refractivity contribution is 6.10. The Balaban J connectivity index is 1.32. The van der Waals surface area contributed by atoms with Crippen molar-refractivity contribution in [2.75, 3.05) is 13.7 Å². The summed E-state index contributed by atoms with van der Waals surface area (Å²) in [4.78, 5) is 31.3. The van der Waals surface area contributed by atoms with Gasteiger partial charge in [-0.3, -0.25) is 14.3 Å². The number of aliphatic imine (C=N–C) groups is 1. The average Bonchev–Trinajstić information content (AvgIpc) is 3.54. The number of hydrogen-bond acceptors (Lipinski definition) is 5. The minimum absolute atomic E-state index is 0.191. The van der Waals surface area contributed by atoms with Gasteiger partial charge in [0.05, 0.1) is 19.0 Å². The van der Waals surface area contributed by atoms with Gasteiger partial charge in [0, 0.05) is 61.4 Å². The summed E-state index contributed by atoms with van der Waals surface area (Å²) in [5.41, 5.74) is 5.20. The van der Waals surface area contributed by atoms with E-state index in [0.717, 1.165) is 46.7 Å². The first-order valence-electron chi connectivity index (χ1n) is 11.0. The molecule has 2 aromatic carbocycles. The molecule has 3 heterocycles. The Hall–Kier alpha value is -3.94. The predicted molar refractivity (Wildman–Crippen MR) is 125 cm³/mol. The molecule has 33 heavy (non-hydrogen) atoms. The fourth-order valence-corrected chi connectivity index (χ4v) is 4.37. The molecule has 0 bridgehead atoms. The van der Waals surface area contributed by atoms with Crippen molar-refractivity contribution in [3.8, 4) is 16.9 Å². The van der Waals surface area contributed by atoms with E-state index in [2.05, 4.69) is 10.4 Å². The van der Waals surface area contributed by atoms with E-state index in [9.17, 15) is 9.59 Å². The molecule has 2 aliphatic heterocycles. The molecule has 5 rings (SSSR count). The number of ether oxygens (including phenoxy) is 1. The third-order valence-electron chi connectivity index (χ3n) is 6.09. The van der Waals surface area contributed by atoms with Gasteiger partial charge in [-0.1, -0.05) is 12.1 Å². The predicted octanol–water partition coefficient (Wildman–Crippen LogP) is 3.23. The van der Waals surface area contributed by atoms with Gasteiger partial charge >= 0.3 is 0 Å². The number of nitrogens with one attached hydrogen (secondary N) is 1. The molecule has 0 radical (unpaired) electrons. The van der Waals surface area contributed by atoms with Crippen molar-refractivity contribution >= 4 is 23.3 Å². The summed E-state index contributed by atoms with van der Waals surface area (Å²) >= 11 is 0. The van der Waals surface area contributed by atoms with Crippen molar-refractivity contribution in [2.24, 2.45) is 12.0 Å². The van der Waals surface area contributed by atoms with E-state index in [1.54, 1.807) is 30.1 Å². The number of nitrogens with zero attached hydrogens (tertiary/aromatic N) is 4. The summed E-state index contributed by atoms with van der Waals surface area (Å²) in [5, 5.41) is 7.20. The molecule has 0 unspecified atom stereocenters. The van der Waals surface area contributed by atoms with Crippen molar-refractivity contribution < 1.29 is 14.3 Å². The van der Waals surface area contributed by atoms with Gasteiger partial charge in [0.1, 0.15) is 11.6 Å². The topological polar surface area (TPSA) is 88.8 Å². The van der Waals surface area contributed by atoms with E-state index in [1.165, 1.54) is 0 Å². The second-order valence-electron chi connectivity index (χ2n) is 8.35. The number of amidine groups is 1. The zero-order valence-corrected chi connectivity index (χ0v) is 18.7. The number of amides is 2. The van der Waals surface area contributed by atoms with E-state index in [-0.39, 0.29) is 11.8 Å². The zero-order chi connectivity index (χ0) is 22.9. The number of methoxy groups -OCH3 is 1. The fourth-order valence-electron chi connectivity index (χ4n) is 4.37. The molecule has 1 N–H and O–H groups in total. The maximum atomic E-state index is 12.9. The van der Waals surface area contributed by atoms with Crippen LogP contribution in [0.2, 0.25) is 0 Å². The first kappa shape index (κ1) is 20.9. The fraction of sp³-hybridized carbons (Fsp3) is 0.280. The van der Waals surface area contributed by atoms with Crippen molar-refractivity contribution in [3.63, 3.8) is 0 Å². The first-order valence-corrected chi connectivity index (χ1v) is 11.0. The maximum absolute atomic E-state index is 12.9. The normalized spacial score (nSPS) is 14.9. The zero-order valence-electron chi connectivity index (χ0n) is 18.7. The second kappa shape index (κ2) is 8.54. The number of carbonyl (C=O) groups is 2. The molecule has 2 aliphatic rings. The number of carbonyl (C=O) groups excluding carboxylic acids is 2. The quantitative estimate of drug-likeness (QED) is 0.656. The van der Waals surface area contributed by atoms with Gasteiger partial charge in [0.2, 0.25) is 5.91 Å².